The Balaban J connectivity index is 1.19. The summed E-state index contributed by atoms with van der Waals surface area (Å²) in [6, 6.07) is 32.7. The monoisotopic (exact) mass is 860 g/mol. The van der Waals surface area contributed by atoms with Crippen LogP contribution in [0.2, 0.25) is 33.2 Å². The first-order chi connectivity index (χ1) is 29.5. The van der Waals surface area contributed by atoms with Gasteiger partial charge in [-0.1, -0.05) is 144 Å². The first-order valence-electron chi connectivity index (χ1n) is 22.8. The molecule has 2 aliphatic carbocycles. The van der Waals surface area contributed by atoms with Crippen LogP contribution < -0.4 is 8.85 Å². The Morgan fingerprint density at radius 1 is 0.452 bits per heavy atom. The second-order valence-corrected chi connectivity index (χ2v) is 30.4. The molecule has 2 atom stereocenters. The number of benzene rings is 4. The first-order valence-corrected chi connectivity index (χ1v) is 27.1. The molecule has 0 saturated heterocycles. The standard InChI is InChI=1S/C54H64N2O4Si2/c1-31(2)61(32(3)4,33(5)6)59-39-25-21-37(22-26-39)29-43-51-47(41-17-13-15-19-45(41)55-51)49(53(43)57)50-48-42-18-14-16-20-46(42)56-52(48)44(54(50)58)30-38-23-27-40(28-24-38)60-62(34(7)8,35(9)10)36(11)12/h13-36,49-50,55-56H,1-12H3/b43-29+,44-30+. The Morgan fingerprint density at radius 3 is 1.06 bits per heavy atom. The van der Waals surface area contributed by atoms with Gasteiger partial charge >= 0.3 is 0 Å². The van der Waals surface area contributed by atoms with E-state index in [2.05, 4.69) is 166 Å². The van der Waals surface area contributed by atoms with Gasteiger partial charge in [-0.15, -0.1) is 0 Å². The van der Waals surface area contributed by atoms with Crippen molar-refractivity contribution in [3.05, 3.63) is 131 Å². The fraction of sp³-hybridized carbons (Fsp3) is 0.370. The quantitative estimate of drug-likeness (QED) is 0.0895. The van der Waals surface area contributed by atoms with Gasteiger partial charge in [0, 0.05) is 33.0 Å². The zero-order chi connectivity index (χ0) is 44.4. The van der Waals surface area contributed by atoms with E-state index in [1.165, 1.54) is 0 Å². The third kappa shape index (κ3) is 6.98. The summed E-state index contributed by atoms with van der Waals surface area (Å²) in [5, 5.41) is 1.94. The van der Waals surface area contributed by atoms with E-state index >= 15 is 9.59 Å². The Kier molecular flexibility index (Phi) is 11.6. The number of aromatic amines is 2. The van der Waals surface area contributed by atoms with Gasteiger partial charge in [0.1, 0.15) is 11.5 Å². The van der Waals surface area contributed by atoms with E-state index in [-0.39, 0.29) is 11.6 Å². The zero-order valence-corrected chi connectivity index (χ0v) is 40.6. The molecule has 322 valence electrons. The van der Waals surface area contributed by atoms with Crippen LogP contribution in [-0.4, -0.2) is 38.2 Å². The number of aromatic nitrogens is 2. The minimum absolute atomic E-state index is 0.0476. The molecule has 2 N–H and O–H groups in total. The highest BCUT2D eigenvalue weighted by molar-refractivity contribution is 6.78. The second kappa shape index (κ2) is 16.5. The highest BCUT2D eigenvalue weighted by Gasteiger charge is 2.52. The van der Waals surface area contributed by atoms with Crippen LogP contribution in [0.5, 0.6) is 11.5 Å². The third-order valence-corrected chi connectivity index (χ3v) is 26.5. The first kappa shape index (κ1) is 43.5. The highest BCUT2D eigenvalue weighted by atomic mass is 28.4. The van der Waals surface area contributed by atoms with Crippen LogP contribution in [0.3, 0.4) is 0 Å². The molecule has 2 heterocycles. The number of allylic oxidation sites excluding steroid dienone is 2. The summed E-state index contributed by atoms with van der Waals surface area (Å²) in [6.45, 7) is 27.5. The third-order valence-electron chi connectivity index (χ3n) is 14.5. The molecule has 0 aliphatic heterocycles. The Hall–Kier alpha value is -5.19. The lowest BCUT2D eigenvalue weighted by atomic mass is 9.80. The second-order valence-electron chi connectivity index (χ2n) is 19.7. The number of fused-ring (bicyclic) bond motifs is 6. The van der Waals surface area contributed by atoms with Crippen LogP contribution in [-0.2, 0) is 9.59 Å². The fourth-order valence-electron chi connectivity index (χ4n) is 11.9. The number of para-hydroxylation sites is 2. The van der Waals surface area contributed by atoms with Crippen molar-refractivity contribution in [3.8, 4) is 11.5 Å². The van der Waals surface area contributed by atoms with Crippen LogP contribution >= 0.6 is 0 Å². The summed E-state index contributed by atoms with van der Waals surface area (Å²) in [4.78, 5) is 37.7. The molecule has 8 rings (SSSR count). The number of Topliss-reactive ketones (excluding diaryl/α,β-unsaturated/α-hetero) is 2. The van der Waals surface area contributed by atoms with Gasteiger partial charge in [-0.3, -0.25) is 9.59 Å². The van der Waals surface area contributed by atoms with Crippen molar-refractivity contribution < 1.29 is 18.4 Å². The van der Waals surface area contributed by atoms with Gasteiger partial charge in [0.05, 0.1) is 23.2 Å². The van der Waals surface area contributed by atoms with E-state index in [0.29, 0.717) is 44.4 Å². The van der Waals surface area contributed by atoms with Crippen molar-refractivity contribution in [3.63, 3.8) is 0 Å². The van der Waals surface area contributed by atoms with Gasteiger partial charge in [-0.2, -0.15) is 0 Å². The van der Waals surface area contributed by atoms with Crippen LogP contribution in [0.15, 0.2) is 97.1 Å². The SMILES string of the molecule is CC(C)[Si](Oc1ccc(/C=C2/C(=O)C(C3C(=O)/C(=C/c4ccc(O[Si](C(C)C)(C(C)C)C(C)C)cc4)c4[nH]c5ccccc5c43)c3c2[nH]c2ccccc32)cc1)(C(C)C)C(C)C. The Morgan fingerprint density at radius 2 is 0.758 bits per heavy atom. The summed E-state index contributed by atoms with van der Waals surface area (Å²) >= 11 is 0. The maximum atomic E-state index is 15.2. The molecule has 6 aromatic rings. The van der Waals surface area contributed by atoms with E-state index in [9.17, 15) is 0 Å². The summed E-state index contributed by atoms with van der Waals surface area (Å²) in [5.74, 6) is 0.232. The van der Waals surface area contributed by atoms with E-state index < -0.39 is 28.5 Å². The van der Waals surface area contributed by atoms with Gasteiger partial charge in [0.15, 0.2) is 11.6 Å². The molecule has 2 aliphatic rings. The van der Waals surface area contributed by atoms with Crippen molar-refractivity contribution in [1.82, 2.24) is 9.97 Å². The maximum absolute atomic E-state index is 15.2. The molecule has 6 nitrogen and oxygen atoms in total. The molecule has 62 heavy (non-hydrogen) atoms. The number of hydrogen-bond acceptors (Lipinski definition) is 4. The summed E-state index contributed by atoms with van der Waals surface area (Å²) in [6.07, 6.45) is 3.98. The number of carbonyl (C=O) groups excluding carboxylic acids is 2. The van der Waals surface area contributed by atoms with Crippen LogP contribution in [0, 0.1) is 0 Å². The number of ketones is 2. The normalized spacial score (nSPS) is 18.4. The van der Waals surface area contributed by atoms with Crippen LogP contribution in [0.25, 0.3) is 45.1 Å². The predicted octanol–water partition coefficient (Wildman–Crippen LogP) is 14.9. The molecule has 0 spiro atoms. The largest absolute Gasteiger partial charge is 0.543 e. The number of H-pyrrole nitrogens is 2. The minimum Gasteiger partial charge on any atom is -0.543 e. The number of hydrogen-bond donors (Lipinski definition) is 2. The molecular weight excluding hydrogens is 797 g/mol. The van der Waals surface area contributed by atoms with Gasteiger partial charge in [-0.05, 0) is 104 Å². The number of carbonyl (C=O) groups is 2. The molecule has 2 unspecified atom stereocenters. The highest BCUT2D eigenvalue weighted by Crippen LogP contribution is 2.56. The van der Waals surface area contributed by atoms with Crippen molar-refractivity contribution >= 4 is 73.3 Å². The van der Waals surface area contributed by atoms with Crippen molar-refractivity contribution in [2.75, 3.05) is 0 Å². The molecular formula is C54H64N2O4Si2. The summed E-state index contributed by atoms with van der Waals surface area (Å²) < 4.78 is 14.0. The average molecular weight is 861 g/mol. The van der Waals surface area contributed by atoms with E-state index in [1.807, 2.05) is 36.4 Å². The predicted molar refractivity (Wildman–Crippen MR) is 264 cm³/mol. The van der Waals surface area contributed by atoms with Gasteiger partial charge in [0.2, 0.25) is 0 Å². The Labute approximate surface area is 370 Å². The van der Waals surface area contributed by atoms with E-state index in [1.54, 1.807) is 0 Å². The smallest absolute Gasteiger partial charge is 0.258 e. The van der Waals surface area contributed by atoms with Crippen molar-refractivity contribution in [1.29, 1.82) is 0 Å². The number of nitrogens with one attached hydrogen (secondary N) is 2. The molecule has 8 heteroatoms. The minimum atomic E-state index is -2.14. The maximum Gasteiger partial charge on any atom is 0.258 e. The topological polar surface area (TPSA) is 84.2 Å². The lowest BCUT2D eigenvalue weighted by molar-refractivity contribution is -0.120. The molecule has 0 bridgehead atoms. The fourth-order valence-corrected chi connectivity index (χ4v) is 22.4. The summed E-state index contributed by atoms with van der Waals surface area (Å²) in [5.41, 5.74) is 11.0. The molecule has 2 aromatic heterocycles. The van der Waals surface area contributed by atoms with E-state index in [4.69, 9.17) is 8.85 Å². The van der Waals surface area contributed by atoms with Gasteiger partial charge in [0.25, 0.3) is 16.6 Å². The van der Waals surface area contributed by atoms with Gasteiger partial charge < -0.3 is 18.8 Å². The molecule has 0 radical (unpaired) electrons. The molecule has 0 saturated carbocycles. The van der Waals surface area contributed by atoms with Crippen LogP contribution in [0.1, 0.15) is 129 Å². The molecule has 4 aromatic carbocycles. The Bertz CT molecular complexity index is 2480. The molecule has 0 fully saturated rings. The summed E-state index contributed by atoms with van der Waals surface area (Å²) in [7, 11) is -4.29. The average Bonchev–Trinajstić information content (AvgIpc) is 3.93. The lowest BCUT2D eigenvalue weighted by Crippen LogP contribution is -2.50. The van der Waals surface area contributed by atoms with Gasteiger partial charge in [-0.25, -0.2) is 0 Å². The van der Waals surface area contributed by atoms with Crippen molar-refractivity contribution in [2.24, 2.45) is 0 Å². The lowest BCUT2D eigenvalue weighted by Gasteiger charge is -2.42. The number of rotatable bonds is 13. The zero-order valence-electron chi connectivity index (χ0n) is 38.6. The van der Waals surface area contributed by atoms with Crippen LogP contribution in [0.4, 0.5) is 0 Å². The van der Waals surface area contributed by atoms with Crippen molar-refractivity contribution in [2.45, 2.75) is 128 Å². The van der Waals surface area contributed by atoms with E-state index in [0.717, 1.165) is 66.9 Å². The molecule has 0 amide bonds.